The lowest BCUT2D eigenvalue weighted by Crippen LogP contribution is -2.40. The molecule has 1 aromatic carbocycles. The molecule has 2 N–H and O–H groups in total. The van der Waals surface area contributed by atoms with E-state index < -0.39 is 0 Å². The number of nitrogens with zero attached hydrogens (tertiary/aromatic N) is 1. The van der Waals surface area contributed by atoms with Gasteiger partial charge in [-0.15, -0.1) is 0 Å². The van der Waals surface area contributed by atoms with Crippen LogP contribution in [0.2, 0.25) is 0 Å². The molecule has 0 radical (unpaired) electrons. The fourth-order valence-corrected chi connectivity index (χ4v) is 2.98. The molecule has 0 bridgehead atoms. The van der Waals surface area contributed by atoms with Crippen LogP contribution >= 0.6 is 0 Å². The minimum atomic E-state index is 0.0646. The van der Waals surface area contributed by atoms with Crippen molar-refractivity contribution in [2.45, 2.75) is 38.0 Å². The number of hydrogen-bond donors (Lipinski definition) is 1. The van der Waals surface area contributed by atoms with E-state index in [1.54, 1.807) is 7.11 Å². The Labute approximate surface area is 121 Å². The van der Waals surface area contributed by atoms with Gasteiger partial charge in [-0.05, 0) is 44.5 Å². The second-order valence-electron chi connectivity index (χ2n) is 5.65. The molecule has 0 amide bonds. The number of benzene rings is 1. The van der Waals surface area contributed by atoms with E-state index in [2.05, 4.69) is 31.0 Å². The van der Waals surface area contributed by atoms with Gasteiger partial charge < -0.3 is 15.2 Å². The van der Waals surface area contributed by atoms with Gasteiger partial charge in [-0.1, -0.05) is 12.1 Å². The smallest absolute Gasteiger partial charge is 0.118 e. The van der Waals surface area contributed by atoms with Crippen LogP contribution < -0.4 is 10.5 Å². The van der Waals surface area contributed by atoms with Gasteiger partial charge in [0.1, 0.15) is 5.75 Å². The Kier molecular flexibility index (Phi) is 5.40. The number of rotatable bonds is 6. The summed E-state index contributed by atoms with van der Waals surface area (Å²) in [5.74, 6) is 0.874. The summed E-state index contributed by atoms with van der Waals surface area (Å²) in [6.07, 6.45) is 2.67. The van der Waals surface area contributed by atoms with Gasteiger partial charge in [0, 0.05) is 25.2 Å². The quantitative estimate of drug-likeness (QED) is 0.866. The maximum atomic E-state index is 6.20. The molecule has 20 heavy (non-hydrogen) atoms. The molecule has 1 aliphatic rings. The van der Waals surface area contributed by atoms with Crippen LogP contribution in [0.5, 0.6) is 5.75 Å². The molecule has 0 aliphatic carbocycles. The molecule has 1 heterocycles. The lowest BCUT2D eigenvalue weighted by Gasteiger charge is -2.33. The Morgan fingerprint density at radius 3 is 2.60 bits per heavy atom. The highest BCUT2D eigenvalue weighted by molar-refractivity contribution is 5.29. The fourth-order valence-electron chi connectivity index (χ4n) is 2.98. The van der Waals surface area contributed by atoms with Crippen LogP contribution in [0.25, 0.3) is 0 Å². The minimum absolute atomic E-state index is 0.0646. The summed E-state index contributed by atoms with van der Waals surface area (Å²) < 4.78 is 10.9. The van der Waals surface area contributed by atoms with Gasteiger partial charge in [-0.25, -0.2) is 0 Å². The zero-order valence-electron chi connectivity index (χ0n) is 12.7. The molecule has 3 unspecified atom stereocenters. The highest BCUT2D eigenvalue weighted by Crippen LogP contribution is 2.26. The van der Waals surface area contributed by atoms with Gasteiger partial charge in [-0.2, -0.15) is 0 Å². The minimum Gasteiger partial charge on any atom is -0.497 e. The number of likely N-dealkylation sites (N-methyl/N-ethyl adjacent to an activating group) is 1. The van der Waals surface area contributed by atoms with Crippen molar-refractivity contribution in [3.05, 3.63) is 29.8 Å². The molecule has 0 saturated carbocycles. The van der Waals surface area contributed by atoms with Crippen molar-refractivity contribution in [3.8, 4) is 5.75 Å². The van der Waals surface area contributed by atoms with E-state index in [9.17, 15) is 0 Å². The second-order valence-corrected chi connectivity index (χ2v) is 5.65. The molecule has 2 rings (SSSR count). The summed E-state index contributed by atoms with van der Waals surface area (Å²) in [5, 5.41) is 0. The fraction of sp³-hybridized carbons (Fsp3) is 0.625. The number of nitrogens with two attached hydrogens (primary N) is 1. The highest BCUT2D eigenvalue weighted by atomic mass is 16.5. The van der Waals surface area contributed by atoms with E-state index in [4.69, 9.17) is 15.2 Å². The summed E-state index contributed by atoms with van der Waals surface area (Å²) in [7, 11) is 3.81. The summed E-state index contributed by atoms with van der Waals surface area (Å²) >= 11 is 0. The Morgan fingerprint density at radius 1 is 1.40 bits per heavy atom. The predicted octanol–water partition coefficient (Wildman–Crippen LogP) is 2.19. The number of ether oxygens (including phenoxy) is 2. The zero-order chi connectivity index (χ0) is 14.5. The monoisotopic (exact) mass is 278 g/mol. The zero-order valence-corrected chi connectivity index (χ0v) is 12.7. The first-order chi connectivity index (χ1) is 9.61. The standard InChI is InChI=1S/C16H26N2O2/c1-12(17)16(13-6-8-14(19-3)9-7-13)18(2)11-15-5-4-10-20-15/h6-9,12,15-16H,4-5,10-11,17H2,1-3H3. The molecule has 1 aromatic rings. The Morgan fingerprint density at radius 2 is 2.10 bits per heavy atom. The Hall–Kier alpha value is -1.10. The molecule has 3 atom stereocenters. The lowest BCUT2D eigenvalue weighted by atomic mass is 9.99. The summed E-state index contributed by atoms with van der Waals surface area (Å²) in [4.78, 5) is 2.31. The number of methoxy groups -OCH3 is 1. The van der Waals surface area contributed by atoms with Gasteiger partial charge in [0.15, 0.2) is 0 Å². The molecule has 1 fully saturated rings. The second kappa shape index (κ2) is 7.07. The van der Waals surface area contributed by atoms with Crippen LogP contribution in [0.4, 0.5) is 0 Å². The van der Waals surface area contributed by atoms with Crippen molar-refractivity contribution < 1.29 is 9.47 Å². The SMILES string of the molecule is COc1ccc(C(C(C)N)N(C)CC2CCCO2)cc1. The van der Waals surface area contributed by atoms with E-state index in [0.29, 0.717) is 6.10 Å². The third-order valence-corrected chi connectivity index (χ3v) is 3.95. The van der Waals surface area contributed by atoms with Gasteiger partial charge in [0.25, 0.3) is 0 Å². The molecule has 1 aliphatic heterocycles. The molecule has 112 valence electrons. The maximum absolute atomic E-state index is 6.20. The van der Waals surface area contributed by atoms with E-state index in [-0.39, 0.29) is 12.1 Å². The molecule has 4 nitrogen and oxygen atoms in total. The van der Waals surface area contributed by atoms with Gasteiger partial charge in [0.2, 0.25) is 0 Å². The first-order valence-corrected chi connectivity index (χ1v) is 7.33. The highest BCUT2D eigenvalue weighted by Gasteiger charge is 2.25. The summed E-state index contributed by atoms with van der Waals surface area (Å²) in [6.45, 7) is 3.88. The molecule has 0 aromatic heterocycles. The average molecular weight is 278 g/mol. The van der Waals surface area contributed by atoms with Crippen LogP contribution in [0.3, 0.4) is 0 Å². The van der Waals surface area contributed by atoms with E-state index in [1.807, 2.05) is 12.1 Å². The van der Waals surface area contributed by atoms with Crippen molar-refractivity contribution in [1.82, 2.24) is 4.90 Å². The Bertz CT molecular complexity index is 399. The van der Waals surface area contributed by atoms with Crippen molar-refractivity contribution >= 4 is 0 Å². The lowest BCUT2D eigenvalue weighted by molar-refractivity contribution is 0.0642. The number of hydrogen-bond acceptors (Lipinski definition) is 4. The molecule has 4 heteroatoms. The van der Waals surface area contributed by atoms with Crippen LogP contribution in [0.1, 0.15) is 31.4 Å². The first kappa shape index (κ1) is 15.3. The van der Waals surface area contributed by atoms with Crippen molar-refractivity contribution in [2.24, 2.45) is 5.73 Å². The van der Waals surface area contributed by atoms with Crippen LogP contribution in [-0.2, 0) is 4.74 Å². The van der Waals surface area contributed by atoms with E-state index in [0.717, 1.165) is 25.3 Å². The van der Waals surface area contributed by atoms with Crippen molar-refractivity contribution in [3.63, 3.8) is 0 Å². The molecular formula is C16H26N2O2. The normalized spacial score (nSPS) is 21.9. The maximum Gasteiger partial charge on any atom is 0.118 e. The van der Waals surface area contributed by atoms with Gasteiger partial charge in [0.05, 0.1) is 13.2 Å². The van der Waals surface area contributed by atoms with Gasteiger partial charge in [-0.3, -0.25) is 4.90 Å². The van der Waals surface area contributed by atoms with Crippen molar-refractivity contribution in [2.75, 3.05) is 27.3 Å². The summed E-state index contributed by atoms with van der Waals surface area (Å²) in [6, 6.07) is 8.44. The molecular weight excluding hydrogens is 252 g/mol. The Balaban J connectivity index is 2.07. The first-order valence-electron chi connectivity index (χ1n) is 7.33. The van der Waals surface area contributed by atoms with Gasteiger partial charge >= 0.3 is 0 Å². The molecule has 0 spiro atoms. The van der Waals surface area contributed by atoms with Crippen LogP contribution in [0.15, 0.2) is 24.3 Å². The predicted molar refractivity (Wildman–Crippen MR) is 81.0 cm³/mol. The average Bonchev–Trinajstić information content (AvgIpc) is 2.92. The van der Waals surface area contributed by atoms with Crippen LogP contribution in [-0.4, -0.2) is 44.4 Å². The van der Waals surface area contributed by atoms with E-state index >= 15 is 0 Å². The third-order valence-electron chi connectivity index (χ3n) is 3.95. The summed E-state index contributed by atoms with van der Waals surface area (Å²) in [5.41, 5.74) is 7.42. The van der Waals surface area contributed by atoms with E-state index in [1.165, 1.54) is 12.0 Å². The third kappa shape index (κ3) is 3.72. The van der Waals surface area contributed by atoms with Crippen LogP contribution in [0, 0.1) is 0 Å². The largest absolute Gasteiger partial charge is 0.497 e. The van der Waals surface area contributed by atoms with Crippen molar-refractivity contribution in [1.29, 1.82) is 0 Å². The topological polar surface area (TPSA) is 47.7 Å². The molecule has 1 saturated heterocycles.